The number of rotatable bonds is 8. The molecule has 0 spiro atoms. The molecule has 0 saturated carbocycles. The lowest BCUT2D eigenvalue weighted by molar-refractivity contribution is -0.133. The molecule has 2 rings (SSSR count). The van der Waals surface area contributed by atoms with Gasteiger partial charge in [-0.2, -0.15) is 0 Å². The Morgan fingerprint density at radius 1 is 1.15 bits per heavy atom. The molecule has 146 valence electrons. The van der Waals surface area contributed by atoms with E-state index in [1.165, 1.54) is 0 Å². The maximum atomic E-state index is 12.4. The first-order chi connectivity index (χ1) is 12.5. The second kappa shape index (κ2) is 9.97. The minimum Gasteiger partial charge on any atom is -0.361 e. The third kappa shape index (κ3) is 5.48. The molecule has 1 aliphatic heterocycles. The van der Waals surface area contributed by atoms with Crippen molar-refractivity contribution in [2.75, 3.05) is 51.6 Å². The summed E-state index contributed by atoms with van der Waals surface area (Å²) in [5, 5.41) is 3.94. The molecular formula is C18H30N4O3S. The number of likely N-dealkylation sites (N-methyl/N-ethyl adjacent to an activating group) is 1. The molecule has 0 unspecified atom stereocenters. The molecular weight excluding hydrogens is 352 g/mol. The third-order valence-electron chi connectivity index (χ3n) is 4.85. The van der Waals surface area contributed by atoms with Gasteiger partial charge in [0.2, 0.25) is 11.8 Å². The molecule has 1 aromatic rings. The maximum Gasteiger partial charge on any atom is 0.236 e. The molecule has 0 bridgehead atoms. The number of nitrogens with zero attached hydrogens (tertiary/aromatic N) is 4. The zero-order valence-electron chi connectivity index (χ0n) is 16.3. The van der Waals surface area contributed by atoms with Gasteiger partial charge in [-0.1, -0.05) is 5.16 Å². The second-order valence-corrected chi connectivity index (χ2v) is 7.50. The largest absolute Gasteiger partial charge is 0.361 e. The molecule has 7 nitrogen and oxygen atoms in total. The van der Waals surface area contributed by atoms with Crippen LogP contribution in [0.1, 0.15) is 30.9 Å². The highest BCUT2D eigenvalue weighted by atomic mass is 32.2. The average molecular weight is 383 g/mol. The highest BCUT2D eigenvalue weighted by Gasteiger charge is 2.23. The maximum absolute atomic E-state index is 12.4. The van der Waals surface area contributed by atoms with Gasteiger partial charge in [-0.3, -0.25) is 14.5 Å². The van der Waals surface area contributed by atoms with E-state index in [1.807, 2.05) is 37.5 Å². The molecule has 8 heteroatoms. The number of thioether (sulfide) groups is 1. The summed E-state index contributed by atoms with van der Waals surface area (Å²) < 4.78 is 5.15. The number of hydrogen-bond acceptors (Lipinski definition) is 6. The number of hydrogen-bond donors (Lipinski definition) is 0. The number of piperazine rings is 1. The van der Waals surface area contributed by atoms with Gasteiger partial charge in [0.25, 0.3) is 0 Å². The van der Waals surface area contributed by atoms with E-state index in [2.05, 4.69) is 10.1 Å². The van der Waals surface area contributed by atoms with Crippen LogP contribution >= 0.6 is 11.8 Å². The molecule has 1 fully saturated rings. The molecule has 1 aliphatic rings. The van der Waals surface area contributed by atoms with Crippen molar-refractivity contribution in [3.05, 3.63) is 17.0 Å². The van der Waals surface area contributed by atoms with E-state index in [1.54, 1.807) is 11.8 Å². The molecule has 0 atom stereocenters. The Hall–Kier alpha value is -1.54. The summed E-state index contributed by atoms with van der Waals surface area (Å²) >= 11 is 1.60. The van der Waals surface area contributed by atoms with Crippen LogP contribution in [0.2, 0.25) is 0 Å². The summed E-state index contributed by atoms with van der Waals surface area (Å²) in [6.45, 7) is 12.7. The van der Waals surface area contributed by atoms with E-state index < -0.39 is 0 Å². The van der Waals surface area contributed by atoms with Gasteiger partial charge in [-0.25, -0.2) is 0 Å². The van der Waals surface area contributed by atoms with Crippen molar-refractivity contribution < 1.29 is 14.1 Å². The summed E-state index contributed by atoms with van der Waals surface area (Å²) in [4.78, 5) is 30.5. The Bertz CT molecular complexity index is 588. The van der Waals surface area contributed by atoms with Crippen molar-refractivity contribution in [3.8, 4) is 0 Å². The van der Waals surface area contributed by atoms with Crippen LogP contribution in [-0.2, 0) is 15.3 Å². The Labute approximate surface area is 160 Å². The summed E-state index contributed by atoms with van der Waals surface area (Å²) in [7, 11) is 0. The van der Waals surface area contributed by atoms with Crippen molar-refractivity contribution in [2.24, 2.45) is 0 Å². The lowest BCUT2D eigenvalue weighted by atomic mass is 10.2. The average Bonchev–Trinajstić information content (AvgIpc) is 2.95. The first-order valence-electron chi connectivity index (χ1n) is 9.23. The Morgan fingerprint density at radius 2 is 1.81 bits per heavy atom. The van der Waals surface area contributed by atoms with Crippen molar-refractivity contribution >= 4 is 23.6 Å². The van der Waals surface area contributed by atoms with Crippen molar-refractivity contribution in [1.29, 1.82) is 0 Å². The number of carbonyl (C=O) groups is 2. The molecule has 0 aromatic carbocycles. The molecule has 0 aliphatic carbocycles. The van der Waals surface area contributed by atoms with Gasteiger partial charge in [0.1, 0.15) is 5.76 Å². The Balaban J connectivity index is 1.70. The highest BCUT2D eigenvalue weighted by Crippen LogP contribution is 2.20. The van der Waals surface area contributed by atoms with Crippen molar-refractivity contribution in [1.82, 2.24) is 19.9 Å². The molecule has 26 heavy (non-hydrogen) atoms. The van der Waals surface area contributed by atoms with Crippen molar-refractivity contribution in [3.63, 3.8) is 0 Å². The van der Waals surface area contributed by atoms with E-state index >= 15 is 0 Å². The minimum absolute atomic E-state index is 0.163. The summed E-state index contributed by atoms with van der Waals surface area (Å²) in [5.41, 5.74) is 1.98. The van der Waals surface area contributed by atoms with Gasteiger partial charge in [-0.15, -0.1) is 11.8 Å². The van der Waals surface area contributed by atoms with Gasteiger partial charge in [-0.05, 0) is 27.7 Å². The summed E-state index contributed by atoms with van der Waals surface area (Å²) in [6, 6.07) is 0. The zero-order valence-corrected chi connectivity index (χ0v) is 17.1. The van der Waals surface area contributed by atoms with Gasteiger partial charge >= 0.3 is 0 Å². The van der Waals surface area contributed by atoms with Gasteiger partial charge in [0, 0.05) is 50.6 Å². The molecule has 0 N–H and O–H groups in total. The smallest absolute Gasteiger partial charge is 0.236 e. The second-order valence-electron chi connectivity index (χ2n) is 6.52. The van der Waals surface area contributed by atoms with E-state index in [4.69, 9.17) is 4.52 Å². The van der Waals surface area contributed by atoms with Crippen LogP contribution in [0.15, 0.2) is 4.52 Å². The fourth-order valence-electron chi connectivity index (χ4n) is 3.06. The standard InChI is InChI=1S/C18H30N4O3S/c1-5-21(6-2)17(23)11-20-7-9-22(10-8-20)18(24)13-26-12-16-14(3)19-25-15(16)4/h5-13H2,1-4H3. The van der Waals surface area contributed by atoms with Gasteiger partial charge in [0.05, 0.1) is 18.0 Å². The zero-order chi connectivity index (χ0) is 19.1. The van der Waals surface area contributed by atoms with Crippen LogP contribution in [0.25, 0.3) is 0 Å². The van der Waals surface area contributed by atoms with Crippen molar-refractivity contribution in [2.45, 2.75) is 33.4 Å². The van der Waals surface area contributed by atoms with Crippen LogP contribution in [0.3, 0.4) is 0 Å². The van der Waals surface area contributed by atoms with E-state index in [0.717, 1.165) is 48.9 Å². The fourth-order valence-corrected chi connectivity index (χ4v) is 4.14. The molecule has 1 aromatic heterocycles. The first kappa shape index (κ1) is 20.8. The van der Waals surface area contributed by atoms with E-state index in [0.29, 0.717) is 25.4 Å². The Kier molecular flexibility index (Phi) is 7.96. The lowest BCUT2D eigenvalue weighted by Crippen LogP contribution is -2.52. The third-order valence-corrected chi connectivity index (χ3v) is 5.80. The number of amides is 2. The number of aromatic nitrogens is 1. The van der Waals surface area contributed by atoms with Crippen LogP contribution in [0.4, 0.5) is 0 Å². The monoisotopic (exact) mass is 382 g/mol. The van der Waals surface area contributed by atoms with Crippen LogP contribution in [0, 0.1) is 13.8 Å². The highest BCUT2D eigenvalue weighted by molar-refractivity contribution is 7.99. The minimum atomic E-state index is 0.163. The van der Waals surface area contributed by atoms with Gasteiger partial charge in [0.15, 0.2) is 0 Å². The summed E-state index contributed by atoms with van der Waals surface area (Å²) in [5.74, 6) is 2.36. The quantitative estimate of drug-likeness (QED) is 0.679. The lowest BCUT2D eigenvalue weighted by Gasteiger charge is -2.35. The molecule has 2 heterocycles. The normalized spacial score (nSPS) is 15.3. The van der Waals surface area contributed by atoms with Crippen LogP contribution < -0.4 is 0 Å². The molecule has 0 radical (unpaired) electrons. The predicted octanol–water partition coefficient (Wildman–Crippen LogP) is 1.54. The predicted molar refractivity (Wildman–Crippen MR) is 103 cm³/mol. The van der Waals surface area contributed by atoms with E-state index in [-0.39, 0.29) is 11.8 Å². The number of carbonyl (C=O) groups excluding carboxylic acids is 2. The Morgan fingerprint density at radius 3 is 2.35 bits per heavy atom. The van der Waals surface area contributed by atoms with Crippen LogP contribution in [-0.4, -0.2) is 83.2 Å². The first-order valence-corrected chi connectivity index (χ1v) is 10.4. The number of aryl methyl sites for hydroxylation is 2. The van der Waals surface area contributed by atoms with Crippen LogP contribution in [0.5, 0.6) is 0 Å². The van der Waals surface area contributed by atoms with E-state index in [9.17, 15) is 9.59 Å². The fraction of sp³-hybridized carbons (Fsp3) is 0.722. The molecule has 1 saturated heterocycles. The SMILES string of the molecule is CCN(CC)C(=O)CN1CCN(C(=O)CSCc2c(C)noc2C)CC1. The summed E-state index contributed by atoms with van der Waals surface area (Å²) in [6.07, 6.45) is 0. The topological polar surface area (TPSA) is 69.9 Å². The van der Waals surface area contributed by atoms with Gasteiger partial charge < -0.3 is 14.3 Å². The molecule has 2 amide bonds.